The van der Waals surface area contributed by atoms with Gasteiger partial charge in [0, 0.05) is 16.5 Å². The van der Waals surface area contributed by atoms with Gasteiger partial charge in [-0.2, -0.15) is 4.98 Å². The van der Waals surface area contributed by atoms with Crippen LogP contribution < -0.4 is 0 Å². The lowest BCUT2D eigenvalue weighted by Gasteiger charge is -2.10. The Morgan fingerprint density at radius 3 is 1.68 bits per heavy atom. The van der Waals surface area contributed by atoms with E-state index in [9.17, 15) is 0 Å². The molecule has 0 unspecified atom stereocenters. The molecule has 2 aromatic heterocycles. The molecule has 7 rings (SSSR count). The lowest BCUT2D eigenvalue weighted by Crippen LogP contribution is -1.94. The highest BCUT2D eigenvalue weighted by Gasteiger charge is 2.18. The fourth-order valence-electron chi connectivity index (χ4n) is 4.91. The van der Waals surface area contributed by atoms with Crippen molar-refractivity contribution in [3.63, 3.8) is 0 Å². The molecular weight excluding hydrogens is 452 g/mol. The third-order valence-corrected chi connectivity index (χ3v) is 6.71. The molecule has 174 valence electrons. The van der Waals surface area contributed by atoms with Crippen LogP contribution in [0.1, 0.15) is 0 Å². The van der Waals surface area contributed by atoms with E-state index < -0.39 is 0 Å². The number of hydrogen-bond donors (Lipinski definition) is 0. The maximum absolute atomic E-state index is 6.26. The van der Waals surface area contributed by atoms with Gasteiger partial charge in [0.1, 0.15) is 5.58 Å². The zero-order chi connectivity index (χ0) is 24.6. The van der Waals surface area contributed by atoms with E-state index in [2.05, 4.69) is 103 Å². The van der Waals surface area contributed by atoms with Crippen molar-refractivity contribution in [3.8, 4) is 44.9 Å². The van der Waals surface area contributed by atoms with Gasteiger partial charge in [-0.3, -0.25) is 0 Å². The van der Waals surface area contributed by atoms with Crippen molar-refractivity contribution in [2.45, 2.75) is 0 Å². The van der Waals surface area contributed by atoms with Gasteiger partial charge >= 0.3 is 0 Å². The van der Waals surface area contributed by atoms with E-state index >= 15 is 0 Å². The second kappa shape index (κ2) is 8.89. The van der Waals surface area contributed by atoms with Crippen LogP contribution in [-0.4, -0.2) is 9.97 Å². The number of fused-ring (bicyclic) bond motifs is 3. The number of hydrogen-bond acceptors (Lipinski definition) is 3. The van der Waals surface area contributed by atoms with Crippen LogP contribution in [0.3, 0.4) is 0 Å². The molecule has 3 nitrogen and oxygen atoms in total. The van der Waals surface area contributed by atoms with Crippen molar-refractivity contribution in [2.24, 2.45) is 0 Å². The monoisotopic (exact) mass is 474 g/mol. The van der Waals surface area contributed by atoms with Gasteiger partial charge in [-0.05, 0) is 40.5 Å². The molecule has 0 saturated carbocycles. The summed E-state index contributed by atoms with van der Waals surface area (Å²) in [6, 6.07) is 45.7. The summed E-state index contributed by atoms with van der Waals surface area (Å²) in [5, 5.41) is 1.95. The number of para-hydroxylation sites is 1. The molecule has 0 N–H and O–H groups in total. The normalized spacial score (nSPS) is 11.2. The van der Waals surface area contributed by atoms with Gasteiger partial charge in [0.2, 0.25) is 5.71 Å². The molecule has 0 fully saturated rings. The van der Waals surface area contributed by atoms with E-state index in [1.165, 1.54) is 5.56 Å². The highest BCUT2D eigenvalue weighted by atomic mass is 16.3. The van der Waals surface area contributed by atoms with Crippen molar-refractivity contribution in [1.29, 1.82) is 0 Å². The first-order valence-corrected chi connectivity index (χ1v) is 12.3. The Hall–Kier alpha value is -5.02. The predicted molar refractivity (Wildman–Crippen MR) is 151 cm³/mol. The van der Waals surface area contributed by atoms with Gasteiger partial charge in [-0.25, -0.2) is 4.98 Å². The number of furan rings is 1. The van der Waals surface area contributed by atoms with Crippen molar-refractivity contribution in [1.82, 2.24) is 9.97 Å². The van der Waals surface area contributed by atoms with Crippen LogP contribution in [0.4, 0.5) is 0 Å². The van der Waals surface area contributed by atoms with Crippen molar-refractivity contribution in [3.05, 3.63) is 133 Å². The van der Waals surface area contributed by atoms with E-state index in [1.807, 2.05) is 30.3 Å². The summed E-state index contributed by atoms with van der Waals surface area (Å²) in [5.41, 5.74) is 8.84. The Morgan fingerprint density at radius 1 is 0.432 bits per heavy atom. The molecule has 37 heavy (non-hydrogen) atoms. The van der Waals surface area contributed by atoms with Gasteiger partial charge in [0.25, 0.3) is 0 Å². The zero-order valence-electron chi connectivity index (χ0n) is 20.0. The molecule has 0 saturated heterocycles. The topological polar surface area (TPSA) is 38.9 Å². The van der Waals surface area contributed by atoms with Gasteiger partial charge in [-0.1, -0.05) is 115 Å². The largest absolute Gasteiger partial charge is 0.438 e. The van der Waals surface area contributed by atoms with Crippen molar-refractivity contribution < 1.29 is 4.42 Å². The summed E-state index contributed by atoms with van der Waals surface area (Å²) in [6.45, 7) is 0. The average molecular weight is 475 g/mol. The van der Waals surface area contributed by atoms with E-state index in [0.29, 0.717) is 11.5 Å². The summed E-state index contributed by atoms with van der Waals surface area (Å²) < 4.78 is 6.26. The number of nitrogens with zero attached hydrogens (tertiary/aromatic N) is 2. The second-order valence-electron chi connectivity index (χ2n) is 9.07. The van der Waals surface area contributed by atoms with Crippen LogP contribution in [-0.2, 0) is 0 Å². The van der Waals surface area contributed by atoms with Gasteiger partial charge in [0.15, 0.2) is 5.82 Å². The van der Waals surface area contributed by atoms with Crippen LogP contribution in [0.5, 0.6) is 0 Å². The van der Waals surface area contributed by atoms with E-state index in [4.69, 9.17) is 14.4 Å². The van der Waals surface area contributed by atoms with Crippen LogP contribution >= 0.6 is 0 Å². The lowest BCUT2D eigenvalue weighted by atomic mass is 9.99. The average Bonchev–Trinajstić information content (AvgIpc) is 3.36. The molecule has 0 aliphatic heterocycles. The maximum Gasteiger partial charge on any atom is 0.231 e. The minimum absolute atomic E-state index is 0.594. The minimum Gasteiger partial charge on any atom is -0.438 e. The molecule has 0 bridgehead atoms. The van der Waals surface area contributed by atoms with E-state index in [0.717, 1.165) is 49.9 Å². The van der Waals surface area contributed by atoms with E-state index in [1.54, 1.807) is 0 Å². The van der Waals surface area contributed by atoms with E-state index in [-0.39, 0.29) is 0 Å². The van der Waals surface area contributed by atoms with Crippen LogP contribution in [0.2, 0.25) is 0 Å². The van der Waals surface area contributed by atoms with Crippen LogP contribution in [0.25, 0.3) is 67.0 Å². The quantitative estimate of drug-likeness (QED) is 0.255. The molecule has 0 aliphatic carbocycles. The van der Waals surface area contributed by atoms with Crippen LogP contribution in [0, 0.1) is 0 Å². The van der Waals surface area contributed by atoms with Crippen LogP contribution in [0.15, 0.2) is 138 Å². The van der Waals surface area contributed by atoms with Gasteiger partial charge < -0.3 is 4.42 Å². The van der Waals surface area contributed by atoms with Crippen molar-refractivity contribution in [2.75, 3.05) is 0 Å². The number of aromatic nitrogens is 2. The SMILES string of the molecule is c1ccc(-c2cccc(-c3nc(-c4cccc(-c5ccccc5)c4)c4c(n3)oc3ccccc34)c2)cc1. The maximum atomic E-state index is 6.26. The Bertz CT molecular complexity index is 1870. The zero-order valence-corrected chi connectivity index (χ0v) is 20.0. The smallest absolute Gasteiger partial charge is 0.231 e. The summed E-state index contributed by atoms with van der Waals surface area (Å²) in [7, 11) is 0. The second-order valence-corrected chi connectivity index (χ2v) is 9.07. The molecule has 0 spiro atoms. The summed E-state index contributed by atoms with van der Waals surface area (Å²) >= 11 is 0. The number of benzene rings is 5. The Labute approximate surface area is 214 Å². The first-order valence-electron chi connectivity index (χ1n) is 12.3. The Morgan fingerprint density at radius 2 is 0.973 bits per heavy atom. The molecule has 0 atom stereocenters. The van der Waals surface area contributed by atoms with Gasteiger partial charge in [-0.15, -0.1) is 0 Å². The third-order valence-electron chi connectivity index (χ3n) is 6.71. The van der Waals surface area contributed by atoms with Crippen molar-refractivity contribution >= 4 is 22.1 Å². The number of rotatable bonds is 4. The Kier molecular flexibility index (Phi) is 5.11. The molecule has 0 aliphatic rings. The van der Waals surface area contributed by atoms with Gasteiger partial charge in [0.05, 0.1) is 11.1 Å². The fourth-order valence-corrected chi connectivity index (χ4v) is 4.91. The predicted octanol–water partition coefficient (Wildman–Crippen LogP) is 9.04. The first-order chi connectivity index (χ1) is 18.3. The molecule has 5 aromatic carbocycles. The molecule has 0 radical (unpaired) electrons. The highest BCUT2D eigenvalue weighted by molar-refractivity contribution is 6.10. The summed E-state index contributed by atoms with van der Waals surface area (Å²) in [6.07, 6.45) is 0. The highest BCUT2D eigenvalue weighted by Crippen LogP contribution is 2.37. The lowest BCUT2D eigenvalue weighted by molar-refractivity contribution is 0.653. The fraction of sp³-hybridized carbons (Fsp3) is 0. The third kappa shape index (κ3) is 3.87. The summed E-state index contributed by atoms with van der Waals surface area (Å²) in [5.74, 6) is 0.643. The molecule has 0 amide bonds. The standard InChI is InChI=1S/C34H22N2O/c1-3-11-23(12-4-1)25-15-9-17-27(21-25)32-31-29-19-7-8-20-30(29)37-34(31)36-33(35-32)28-18-10-16-26(22-28)24-13-5-2-6-14-24/h1-22H. The minimum atomic E-state index is 0.594. The summed E-state index contributed by atoms with van der Waals surface area (Å²) in [4.78, 5) is 10.1. The molecule has 3 heteroatoms. The first kappa shape index (κ1) is 21.3. The molecular formula is C34H22N2O. The Balaban J connectivity index is 1.46. The molecule has 2 heterocycles. The molecule has 7 aromatic rings.